The molecule has 4 rings (SSSR count). The minimum atomic E-state index is -0.234. The predicted molar refractivity (Wildman–Crippen MR) is 141 cm³/mol. The molecule has 9 nitrogen and oxygen atoms in total. The van der Waals surface area contributed by atoms with Crippen LogP contribution >= 0.6 is 0 Å². The van der Waals surface area contributed by atoms with E-state index in [1.165, 1.54) is 0 Å². The summed E-state index contributed by atoms with van der Waals surface area (Å²) in [5, 5.41) is 11.2. The fourth-order valence-corrected chi connectivity index (χ4v) is 3.92. The summed E-state index contributed by atoms with van der Waals surface area (Å²) >= 11 is 0. The molecule has 0 fully saturated rings. The summed E-state index contributed by atoms with van der Waals surface area (Å²) in [4.78, 5) is 25.3. The molecule has 2 aromatic carbocycles. The zero-order valence-electron chi connectivity index (χ0n) is 20.6. The maximum Gasteiger partial charge on any atom is 0.277 e. The monoisotopic (exact) mass is 473 g/mol. The van der Waals surface area contributed by atoms with Gasteiger partial charge in [0.1, 0.15) is 17.1 Å². The molecule has 35 heavy (non-hydrogen) atoms. The van der Waals surface area contributed by atoms with Crippen molar-refractivity contribution in [2.24, 2.45) is 12.0 Å². The van der Waals surface area contributed by atoms with Gasteiger partial charge >= 0.3 is 0 Å². The fraction of sp³-hybridized carbons (Fsp3) is 0.308. The molecule has 0 spiro atoms. The molecule has 0 unspecified atom stereocenters. The first kappa shape index (κ1) is 24.0. The minimum Gasteiger partial charge on any atom is -0.493 e. The van der Waals surface area contributed by atoms with Crippen LogP contribution in [0.15, 0.2) is 58.3 Å². The number of guanidine groups is 1. The lowest BCUT2D eigenvalue weighted by Crippen LogP contribution is -2.22. The summed E-state index contributed by atoms with van der Waals surface area (Å²) in [6.45, 7) is 7.07. The molecule has 3 N–H and O–H groups in total. The van der Waals surface area contributed by atoms with Gasteiger partial charge in [-0.1, -0.05) is 31.5 Å². The van der Waals surface area contributed by atoms with Crippen molar-refractivity contribution in [3.8, 4) is 17.1 Å². The molecular weight excluding hydrogens is 442 g/mol. The van der Waals surface area contributed by atoms with Crippen LogP contribution in [-0.2, 0) is 13.5 Å². The number of rotatable bonds is 8. The predicted octanol–water partition coefficient (Wildman–Crippen LogP) is 4.57. The highest BCUT2D eigenvalue weighted by molar-refractivity contribution is 6.04. The van der Waals surface area contributed by atoms with Gasteiger partial charge in [0.2, 0.25) is 0 Å². The Hall–Kier alpha value is -4.14. The van der Waals surface area contributed by atoms with Crippen molar-refractivity contribution in [3.63, 3.8) is 0 Å². The zero-order chi connectivity index (χ0) is 24.8. The fourth-order valence-electron chi connectivity index (χ4n) is 3.92. The van der Waals surface area contributed by atoms with E-state index in [-0.39, 0.29) is 5.56 Å². The van der Waals surface area contributed by atoms with Crippen LogP contribution in [0.4, 0.5) is 11.4 Å². The number of fused-ring (bicyclic) bond motifs is 1. The summed E-state index contributed by atoms with van der Waals surface area (Å²) in [5.41, 5.74) is 4.05. The first-order chi connectivity index (χ1) is 17.0. The number of benzene rings is 2. The average molecular weight is 474 g/mol. The number of H-pyrrole nitrogens is 1. The number of hydrogen-bond donors (Lipinski definition) is 3. The molecule has 2 heterocycles. The van der Waals surface area contributed by atoms with E-state index in [1.807, 2.05) is 62.4 Å². The number of ether oxygens (including phenoxy) is 1. The molecule has 4 aromatic rings. The van der Waals surface area contributed by atoms with Gasteiger partial charge in [0.15, 0.2) is 11.5 Å². The Bertz CT molecular complexity index is 1390. The Balaban J connectivity index is 1.76. The van der Waals surface area contributed by atoms with Crippen molar-refractivity contribution in [3.05, 3.63) is 64.6 Å². The van der Waals surface area contributed by atoms with Crippen LogP contribution in [0.3, 0.4) is 0 Å². The Morgan fingerprint density at radius 3 is 2.57 bits per heavy atom. The van der Waals surface area contributed by atoms with Crippen LogP contribution < -0.4 is 20.9 Å². The third-order valence-electron chi connectivity index (χ3n) is 5.40. The molecule has 0 saturated carbocycles. The van der Waals surface area contributed by atoms with Gasteiger partial charge in [0, 0.05) is 25.0 Å². The van der Waals surface area contributed by atoms with Crippen molar-refractivity contribution in [1.82, 2.24) is 19.7 Å². The van der Waals surface area contributed by atoms with Gasteiger partial charge in [-0.05, 0) is 50.6 Å². The summed E-state index contributed by atoms with van der Waals surface area (Å²) < 4.78 is 7.47. The van der Waals surface area contributed by atoms with Crippen LogP contribution in [0.25, 0.3) is 22.4 Å². The van der Waals surface area contributed by atoms with E-state index in [0.717, 1.165) is 29.9 Å². The molecule has 0 atom stereocenters. The van der Waals surface area contributed by atoms with Crippen molar-refractivity contribution in [2.45, 2.75) is 33.6 Å². The van der Waals surface area contributed by atoms with E-state index >= 15 is 0 Å². The molecule has 0 aliphatic carbocycles. The number of aliphatic imine (C=N–C) groups is 1. The van der Waals surface area contributed by atoms with Crippen LogP contribution in [0.2, 0.25) is 0 Å². The average Bonchev–Trinajstić information content (AvgIpc) is 3.16. The lowest BCUT2D eigenvalue weighted by Gasteiger charge is -2.15. The quantitative estimate of drug-likeness (QED) is 0.255. The van der Waals surface area contributed by atoms with Gasteiger partial charge in [-0.15, -0.1) is 0 Å². The number of aromatic nitrogens is 4. The summed E-state index contributed by atoms with van der Waals surface area (Å²) in [6.07, 6.45) is 1.66. The van der Waals surface area contributed by atoms with E-state index in [0.29, 0.717) is 47.3 Å². The van der Waals surface area contributed by atoms with E-state index < -0.39 is 0 Å². The Kier molecular flexibility index (Phi) is 7.45. The number of nitrogens with zero attached hydrogens (tertiary/aromatic N) is 4. The number of aromatic amines is 1. The second kappa shape index (κ2) is 10.9. The third-order valence-corrected chi connectivity index (χ3v) is 5.40. The Morgan fingerprint density at radius 1 is 1.09 bits per heavy atom. The normalized spacial score (nSPS) is 11.6. The second-order valence-electron chi connectivity index (χ2n) is 8.01. The summed E-state index contributed by atoms with van der Waals surface area (Å²) in [5.74, 6) is 1.68. The van der Waals surface area contributed by atoms with Gasteiger partial charge in [-0.3, -0.25) is 14.5 Å². The minimum absolute atomic E-state index is 0.234. The molecule has 2 aromatic heterocycles. The molecule has 182 valence electrons. The second-order valence-corrected chi connectivity index (χ2v) is 8.01. The lowest BCUT2D eigenvalue weighted by molar-refractivity contribution is 0.341. The van der Waals surface area contributed by atoms with Gasteiger partial charge in [-0.2, -0.15) is 5.10 Å². The highest BCUT2D eigenvalue weighted by Crippen LogP contribution is 2.31. The number of para-hydroxylation sites is 1. The van der Waals surface area contributed by atoms with Crippen molar-refractivity contribution in [2.75, 3.05) is 23.8 Å². The molecule has 0 aliphatic rings. The van der Waals surface area contributed by atoms with Crippen LogP contribution in [0.1, 0.15) is 32.9 Å². The maximum atomic E-state index is 13.0. The van der Waals surface area contributed by atoms with E-state index in [1.54, 1.807) is 11.7 Å². The number of anilines is 2. The van der Waals surface area contributed by atoms with Crippen molar-refractivity contribution >= 4 is 28.4 Å². The van der Waals surface area contributed by atoms with Crippen LogP contribution in [0.5, 0.6) is 5.75 Å². The van der Waals surface area contributed by atoms with E-state index in [9.17, 15) is 4.79 Å². The molecular formula is C26H31N7O2. The molecule has 9 heteroatoms. The first-order valence-electron chi connectivity index (χ1n) is 11.9. The molecule has 0 bridgehead atoms. The molecule has 0 saturated heterocycles. The Morgan fingerprint density at radius 2 is 1.86 bits per heavy atom. The SMILES string of the molecule is CCCc1nn(C)c2c(=O)[nH]c(-c3cc(NC(=NCC)Nc4ccccc4)ccc3OCC)nc12. The largest absolute Gasteiger partial charge is 0.493 e. The maximum absolute atomic E-state index is 13.0. The molecule has 0 radical (unpaired) electrons. The summed E-state index contributed by atoms with van der Waals surface area (Å²) in [6, 6.07) is 15.5. The number of nitrogens with one attached hydrogen (secondary N) is 3. The third kappa shape index (κ3) is 5.34. The number of aryl methyl sites for hydroxylation is 2. The summed E-state index contributed by atoms with van der Waals surface area (Å²) in [7, 11) is 1.77. The van der Waals surface area contributed by atoms with Gasteiger partial charge in [-0.25, -0.2) is 4.98 Å². The lowest BCUT2D eigenvalue weighted by atomic mass is 10.1. The van der Waals surface area contributed by atoms with Gasteiger partial charge in [0.05, 0.1) is 17.9 Å². The first-order valence-corrected chi connectivity index (χ1v) is 11.9. The topological polar surface area (TPSA) is 109 Å². The van der Waals surface area contributed by atoms with Crippen LogP contribution in [0, 0.1) is 0 Å². The van der Waals surface area contributed by atoms with E-state index in [4.69, 9.17) is 9.72 Å². The highest BCUT2D eigenvalue weighted by Gasteiger charge is 2.18. The van der Waals surface area contributed by atoms with Gasteiger partial charge in [0.25, 0.3) is 5.56 Å². The highest BCUT2D eigenvalue weighted by atomic mass is 16.5. The van der Waals surface area contributed by atoms with E-state index in [2.05, 4.69) is 32.6 Å². The van der Waals surface area contributed by atoms with Crippen molar-refractivity contribution in [1.29, 1.82) is 0 Å². The molecule has 0 amide bonds. The smallest absolute Gasteiger partial charge is 0.277 e. The van der Waals surface area contributed by atoms with Crippen molar-refractivity contribution < 1.29 is 4.74 Å². The van der Waals surface area contributed by atoms with Crippen LogP contribution in [-0.4, -0.2) is 38.9 Å². The standard InChI is InChI=1S/C26H31N7O2/c1-5-11-20-22-23(33(4)32-20)25(34)31-24(30-22)19-16-18(14-15-21(19)35-7-3)29-26(27-6-2)28-17-12-9-8-10-13-17/h8-10,12-16H,5-7,11H2,1-4H3,(H2,27,28,29)(H,30,31,34). The zero-order valence-corrected chi connectivity index (χ0v) is 20.6. The Labute approximate surface area is 204 Å². The number of hydrogen-bond acceptors (Lipinski definition) is 5. The molecule has 0 aliphatic heterocycles. The van der Waals surface area contributed by atoms with Gasteiger partial charge < -0.3 is 20.4 Å².